The van der Waals surface area contributed by atoms with Crippen molar-refractivity contribution in [1.82, 2.24) is 0 Å². The molecule has 0 fully saturated rings. The number of carbonyl (C=O) groups excluding carboxylic acids is 1. The van der Waals surface area contributed by atoms with Crippen LogP contribution in [0.3, 0.4) is 0 Å². The van der Waals surface area contributed by atoms with Gasteiger partial charge in [-0.15, -0.1) is 0 Å². The van der Waals surface area contributed by atoms with Crippen LogP contribution in [0.5, 0.6) is 11.5 Å². The van der Waals surface area contributed by atoms with Crippen LogP contribution in [-0.2, 0) is 16.0 Å². The molecule has 0 heterocycles. The summed E-state index contributed by atoms with van der Waals surface area (Å²) in [5.74, 6) is 0.384. The second-order valence-corrected chi connectivity index (χ2v) is 5.21. The summed E-state index contributed by atoms with van der Waals surface area (Å²) in [4.78, 5) is 12.3. The molecule has 1 atom stereocenters. The predicted octanol–water partition coefficient (Wildman–Crippen LogP) is 3.34. The summed E-state index contributed by atoms with van der Waals surface area (Å²) in [5, 5.41) is 9.36. The topological polar surface area (TPSA) is 55.8 Å². The highest BCUT2D eigenvalue weighted by atomic mass is 16.6. The van der Waals surface area contributed by atoms with Gasteiger partial charge >= 0.3 is 5.97 Å². The summed E-state index contributed by atoms with van der Waals surface area (Å²) in [6.07, 6.45) is 0.348. The van der Waals surface area contributed by atoms with E-state index in [1.807, 2.05) is 18.2 Å². The van der Waals surface area contributed by atoms with E-state index >= 15 is 0 Å². The lowest BCUT2D eigenvalue weighted by molar-refractivity contribution is -0.160. The third-order valence-corrected chi connectivity index (χ3v) is 3.27. The number of para-hydroxylation sites is 1. The van der Waals surface area contributed by atoms with Crippen LogP contribution >= 0.6 is 0 Å². The molecule has 0 saturated heterocycles. The van der Waals surface area contributed by atoms with Crippen LogP contribution in [0.25, 0.3) is 0 Å². The standard InChI is InChI=1S/C18H20O4/c1-3-21-17(20)18(2,22-16-7-5-4-6-8-16)13-14-9-11-15(19)12-10-14/h4-12,19H,3,13H2,1-2H3/t18-/m0/s1. The van der Waals surface area contributed by atoms with Gasteiger partial charge in [0.05, 0.1) is 6.61 Å². The Morgan fingerprint density at radius 2 is 1.73 bits per heavy atom. The average Bonchev–Trinajstić information content (AvgIpc) is 2.51. The van der Waals surface area contributed by atoms with Crippen molar-refractivity contribution in [2.45, 2.75) is 25.9 Å². The Balaban J connectivity index is 2.24. The molecule has 2 aromatic rings. The van der Waals surface area contributed by atoms with Gasteiger partial charge in [0, 0.05) is 6.42 Å². The van der Waals surface area contributed by atoms with Crippen molar-refractivity contribution in [3.63, 3.8) is 0 Å². The van der Waals surface area contributed by atoms with Crippen LogP contribution < -0.4 is 4.74 Å². The van der Waals surface area contributed by atoms with Gasteiger partial charge in [-0.05, 0) is 43.7 Å². The summed E-state index contributed by atoms with van der Waals surface area (Å²) in [6.45, 7) is 3.77. The average molecular weight is 300 g/mol. The van der Waals surface area contributed by atoms with Crippen molar-refractivity contribution < 1.29 is 19.4 Å². The number of hydrogen-bond donors (Lipinski definition) is 1. The first-order valence-corrected chi connectivity index (χ1v) is 7.23. The highest BCUT2D eigenvalue weighted by Gasteiger charge is 2.37. The molecule has 0 aliphatic rings. The van der Waals surface area contributed by atoms with Crippen LogP contribution in [0.2, 0.25) is 0 Å². The normalized spacial score (nSPS) is 13.2. The van der Waals surface area contributed by atoms with Gasteiger partial charge < -0.3 is 14.6 Å². The molecular weight excluding hydrogens is 280 g/mol. The number of ether oxygens (including phenoxy) is 2. The Morgan fingerprint density at radius 3 is 2.32 bits per heavy atom. The molecule has 0 spiro atoms. The maximum absolute atomic E-state index is 12.3. The van der Waals surface area contributed by atoms with Crippen molar-refractivity contribution in [3.8, 4) is 11.5 Å². The van der Waals surface area contributed by atoms with Crippen molar-refractivity contribution >= 4 is 5.97 Å². The van der Waals surface area contributed by atoms with Crippen molar-refractivity contribution in [2.24, 2.45) is 0 Å². The third-order valence-electron chi connectivity index (χ3n) is 3.27. The van der Waals surface area contributed by atoms with Crippen molar-refractivity contribution in [2.75, 3.05) is 6.61 Å². The smallest absolute Gasteiger partial charge is 0.350 e. The highest BCUT2D eigenvalue weighted by Crippen LogP contribution is 2.24. The van der Waals surface area contributed by atoms with E-state index < -0.39 is 11.6 Å². The molecule has 0 bridgehead atoms. The predicted molar refractivity (Wildman–Crippen MR) is 83.9 cm³/mol. The zero-order valence-electron chi connectivity index (χ0n) is 12.8. The van der Waals surface area contributed by atoms with E-state index in [-0.39, 0.29) is 5.75 Å². The molecule has 2 aromatic carbocycles. The molecule has 116 valence electrons. The summed E-state index contributed by atoms with van der Waals surface area (Å²) < 4.78 is 11.1. The largest absolute Gasteiger partial charge is 0.508 e. The number of phenols is 1. The molecule has 0 aliphatic heterocycles. The molecule has 0 radical (unpaired) electrons. The van der Waals surface area contributed by atoms with Crippen molar-refractivity contribution in [3.05, 3.63) is 60.2 Å². The summed E-state index contributed by atoms with van der Waals surface area (Å²) in [7, 11) is 0. The highest BCUT2D eigenvalue weighted by molar-refractivity contribution is 5.80. The number of benzene rings is 2. The monoisotopic (exact) mass is 300 g/mol. The lowest BCUT2D eigenvalue weighted by Gasteiger charge is -2.28. The van der Waals surface area contributed by atoms with Gasteiger partial charge in [-0.1, -0.05) is 30.3 Å². The van der Waals surface area contributed by atoms with E-state index in [1.165, 1.54) is 0 Å². The Morgan fingerprint density at radius 1 is 1.09 bits per heavy atom. The molecule has 22 heavy (non-hydrogen) atoms. The molecule has 4 heteroatoms. The fraction of sp³-hybridized carbons (Fsp3) is 0.278. The quantitative estimate of drug-likeness (QED) is 0.831. The number of aromatic hydroxyl groups is 1. The Hall–Kier alpha value is -2.49. The Labute approximate surface area is 130 Å². The number of rotatable bonds is 6. The van der Waals surface area contributed by atoms with Gasteiger partial charge in [0.2, 0.25) is 5.60 Å². The number of esters is 1. The van der Waals surface area contributed by atoms with E-state index in [1.54, 1.807) is 50.2 Å². The van der Waals surface area contributed by atoms with Crippen molar-refractivity contribution in [1.29, 1.82) is 0 Å². The van der Waals surface area contributed by atoms with Gasteiger partial charge in [-0.2, -0.15) is 0 Å². The fourth-order valence-electron chi connectivity index (χ4n) is 2.19. The number of carbonyl (C=O) groups is 1. The van der Waals surface area contributed by atoms with E-state index in [9.17, 15) is 9.90 Å². The van der Waals surface area contributed by atoms with Gasteiger partial charge in [0.15, 0.2) is 0 Å². The van der Waals surface area contributed by atoms with E-state index in [0.717, 1.165) is 5.56 Å². The summed E-state index contributed by atoms with van der Waals surface area (Å²) >= 11 is 0. The lowest BCUT2D eigenvalue weighted by Crippen LogP contribution is -2.45. The molecule has 2 rings (SSSR count). The van der Waals surface area contributed by atoms with E-state index in [4.69, 9.17) is 9.47 Å². The second-order valence-electron chi connectivity index (χ2n) is 5.21. The fourth-order valence-corrected chi connectivity index (χ4v) is 2.19. The van der Waals surface area contributed by atoms with Gasteiger partial charge in [-0.25, -0.2) is 4.79 Å². The zero-order chi connectivity index (χ0) is 16.0. The molecule has 0 amide bonds. The molecule has 4 nitrogen and oxygen atoms in total. The Bertz CT molecular complexity index is 607. The number of phenolic OH excluding ortho intramolecular Hbond substituents is 1. The van der Waals surface area contributed by atoms with Crippen LogP contribution in [0.1, 0.15) is 19.4 Å². The van der Waals surface area contributed by atoms with Crippen LogP contribution in [0.15, 0.2) is 54.6 Å². The van der Waals surface area contributed by atoms with Crippen LogP contribution in [0.4, 0.5) is 0 Å². The van der Waals surface area contributed by atoms with Gasteiger partial charge in [-0.3, -0.25) is 0 Å². The maximum Gasteiger partial charge on any atom is 0.350 e. The molecule has 0 aromatic heterocycles. The first-order valence-electron chi connectivity index (χ1n) is 7.23. The second kappa shape index (κ2) is 6.98. The minimum atomic E-state index is -1.13. The van der Waals surface area contributed by atoms with Gasteiger partial charge in [0.25, 0.3) is 0 Å². The Kier molecular flexibility index (Phi) is 5.04. The third kappa shape index (κ3) is 4.01. The van der Waals surface area contributed by atoms with E-state index in [2.05, 4.69) is 0 Å². The first kappa shape index (κ1) is 15.9. The first-order chi connectivity index (χ1) is 10.5. The summed E-state index contributed by atoms with van der Waals surface area (Å²) in [6, 6.07) is 15.9. The van der Waals surface area contributed by atoms with E-state index in [0.29, 0.717) is 18.8 Å². The minimum absolute atomic E-state index is 0.186. The summed E-state index contributed by atoms with van der Waals surface area (Å²) in [5.41, 5.74) is -0.252. The maximum atomic E-state index is 12.3. The molecule has 0 saturated carbocycles. The minimum Gasteiger partial charge on any atom is -0.508 e. The van der Waals surface area contributed by atoms with Gasteiger partial charge in [0.1, 0.15) is 11.5 Å². The lowest BCUT2D eigenvalue weighted by atomic mass is 9.96. The molecular formula is C18H20O4. The molecule has 1 N–H and O–H groups in total. The van der Waals surface area contributed by atoms with Crippen LogP contribution in [-0.4, -0.2) is 23.3 Å². The van der Waals surface area contributed by atoms with Crippen LogP contribution in [0, 0.1) is 0 Å². The molecule has 0 unspecified atom stereocenters. The molecule has 0 aliphatic carbocycles. The number of hydrogen-bond acceptors (Lipinski definition) is 4. The SMILES string of the molecule is CCOC(=O)[C@](C)(Cc1ccc(O)cc1)Oc1ccccc1. The zero-order valence-corrected chi connectivity index (χ0v) is 12.8.